The van der Waals surface area contributed by atoms with E-state index in [0.717, 1.165) is 21.7 Å². The van der Waals surface area contributed by atoms with Gasteiger partial charge in [-0.2, -0.15) is 5.10 Å². The summed E-state index contributed by atoms with van der Waals surface area (Å²) in [6.45, 7) is 4.21. The highest BCUT2D eigenvalue weighted by Crippen LogP contribution is 2.47. The number of carbonyl (C=O) groups is 2. The van der Waals surface area contributed by atoms with E-state index in [-0.39, 0.29) is 11.8 Å². The number of halogens is 1. The summed E-state index contributed by atoms with van der Waals surface area (Å²) in [4.78, 5) is 32.7. The van der Waals surface area contributed by atoms with Crippen molar-refractivity contribution >= 4 is 55.3 Å². The summed E-state index contributed by atoms with van der Waals surface area (Å²) < 4.78 is 2.56. The fourth-order valence-corrected chi connectivity index (χ4v) is 5.92. The molecule has 0 atom stereocenters. The molecule has 1 spiro atoms. The molecule has 8 nitrogen and oxygen atoms in total. The SMILES string of the molecule is Cc1ncc(NC(=O)CN2CCC3(CCC3)C2)cc1NC(=O)c1cnn2cc(Br)sc12. The van der Waals surface area contributed by atoms with Crippen LogP contribution in [0, 0.1) is 12.3 Å². The molecule has 31 heavy (non-hydrogen) atoms. The highest BCUT2D eigenvalue weighted by atomic mass is 79.9. The van der Waals surface area contributed by atoms with Crippen molar-refractivity contribution in [2.75, 3.05) is 30.3 Å². The van der Waals surface area contributed by atoms with Crippen LogP contribution in [0.25, 0.3) is 4.83 Å². The van der Waals surface area contributed by atoms with Crippen LogP contribution >= 0.6 is 27.3 Å². The Bertz CT molecular complexity index is 1170. The first-order valence-corrected chi connectivity index (χ1v) is 11.9. The fraction of sp³-hybridized carbons (Fsp3) is 0.429. The van der Waals surface area contributed by atoms with E-state index in [0.29, 0.717) is 34.6 Å². The molecule has 1 saturated heterocycles. The molecule has 0 unspecified atom stereocenters. The maximum Gasteiger partial charge on any atom is 0.260 e. The van der Waals surface area contributed by atoms with E-state index in [2.05, 4.69) is 41.5 Å². The Morgan fingerprint density at radius 1 is 1.26 bits per heavy atom. The third-order valence-electron chi connectivity index (χ3n) is 6.33. The van der Waals surface area contributed by atoms with Gasteiger partial charge in [-0.3, -0.25) is 19.5 Å². The third-order valence-corrected chi connectivity index (χ3v) is 7.92. The number of thiazole rings is 1. The van der Waals surface area contributed by atoms with E-state index in [1.807, 2.05) is 13.1 Å². The molecule has 0 radical (unpaired) electrons. The summed E-state index contributed by atoms with van der Waals surface area (Å²) in [7, 11) is 0. The molecule has 2 N–H and O–H groups in total. The van der Waals surface area contributed by atoms with Crippen molar-refractivity contribution in [3.63, 3.8) is 0 Å². The van der Waals surface area contributed by atoms with Crippen molar-refractivity contribution in [2.45, 2.75) is 32.6 Å². The number of nitrogens with zero attached hydrogens (tertiary/aromatic N) is 4. The van der Waals surface area contributed by atoms with Gasteiger partial charge < -0.3 is 10.6 Å². The van der Waals surface area contributed by atoms with E-state index in [9.17, 15) is 9.59 Å². The van der Waals surface area contributed by atoms with Crippen molar-refractivity contribution in [3.8, 4) is 0 Å². The van der Waals surface area contributed by atoms with Gasteiger partial charge in [0.2, 0.25) is 5.91 Å². The number of aryl methyl sites for hydroxylation is 1. The second kappa shape index (κ2) is 7.99. The zero-order valence-electron chi connectivity index (χ0n) is 17.2. The Morgan fingerprint density at radius 2 is 2.10 bits per heavy atom. The number of carbonyl (C=O) groups excluding carboxylic acids is 2. The van der Waals surface area contributed by atoms with Crippen LogP contribution in [-0.2, 0) is 4.79 Å². The lowest BCUT2D eigenvalue weighted by molar-refractivity contribution is -0.117. The number of rotatable bonds is 5. The van der Waals surface area contributed by atoms with Gasteiger partial charge in [0.1, 0.15) is 4.83 Å². The molecule has 3 aromatic heterocycles. The second-order valence-electron chi connectivity index (χ2n) is 8.52. The lowest BCUT2D eigenvalue weighted by Crippen LogP contribution is -2.36. The molecule has 2 fully saturated rings. The number of amides is 2. The zero-order valence-corrected chi connectivity index (χ0v) is 19.6. The average Bonchev–Trinajstić information content (AvgIpc) is 3.37. The van der Waals surface area contributed by atoms with E-state index in [4.69, 9.17) is 0 Å². The second-order valence-corrected chi connectivity index (χ2v) is 10.9. The number of pyridine rings is 1. The van der Waals surface area contributed by atoms with Crippen molar-refractivity contribution in [1.29, 1.82) is 0 Å². The van der Waals surface area contributed by atoms with Crippen molar-refractivity contribution in [2.24, 2.45) is 5.41 Å². The summed E-state index contributed by atoms with van der Waals surface area (Å²) in [6.07, 6.45) is 10.1. The quantitative estimate of drug-likeness (QED) is 0.551. The van der Waals surface area contributed by atoms with Crippen LogP contribution in [0.4, 0.5) is 11.4 Å². The fourth-order valence-electron chi connectivity index (χ4n) is 4.48. The number of likely N-dealkylation sites (tertiary alicyclic amines) is 1. The monoisotopic (exact) mass is 502 g/mol. The molecule has 0 bridgehead atoms. The first-order chi connectivity index (χ1) is 14.9. The summed E-state index contributed by atoms with van der Waals surface area (Å²) >= 11 is 4.85. The topological polar surface area (TPSA) is 91.6 Å². The first kappa shape index (κ1) is 20.6. The Hall–Kier alpha value is -2.30. The zero-order chi connectivity index (χ0) is 21.6. The summed E-state index contributed by atoms with van der Waals surface area (Å²) in [5.74, 6) is -0.318. The lowest BCUT2D eigenvalue weighted by atomic mass is 9.68. The lowest BCUT2D eigenvalue weighted by Gasteiger charge is -2.38. The van der Waals surface area contributed by atoms with Crippen LogP contribution in [0.3, 0.4) is 0 Å². The number of hydrogen-bond donors (Lipinski definition) is 2. The van der Waals surface area contributed by atoms with Crippen LogP contribution in [0.15, 0.2) is 28.4 Å². The standard InChI is InChI=1S/C21H23BrN6O2S/c1-13-16(26-19(30)15-9-24-28-10-17(22)31-20(15)28)7-14(8-23-13)25-18(29)11-27-6-5-21(12-27)3-2-4-21/h7-10H,2-6,11-12H2,1H3,(H,25,29)(H,26,30). The van der Waals surface area contributed by atoms with Gasteiger partial charge in [0.15, 0.2) is 0 Å². The highest BCUT2D eigenvalue weighted by Gasteiger charge is 2.42. The number of anilines is 2. The van der Waals surface area contributed by atoms with Gasteiger partial charge in [-0.15, -0.1) is 11.3 Å². The predicted octanol–water partition coefficient (Wildman–Crippen LogP) is 3.93. The number of fused-ring (bicyclic) bond motifs is 1. The normalized spacial score (nSPS) is 17.7. The summed E-state index contributed by atoms with van der Waals surface area (Å²) in [6, 6.07) is 1.75. The van der Waals surface area contributed by atoms with Crippen molar-refractivity contribution < 1.29 is 9.59 Å². The van der Waals surface area contributed by atoms with Crippen molar-refractivity contribution in [3.05, 3.63) is 39.7 Å². The maximum absolute atomic E-state index is 12.8. The summed E-state index contributed by atoms with van der Waals surface area (Å²) in [5.41, 5.74) is 2.77. The Morgan fingerprint density at radius 3 is 2.84 bits per heavy atom. The maximum atomic E-state index is 12.8. The van der Waals surface area contributed by atoms with E-state index in [1.165, 1.54) is 37.0 Å². The minimum Gasteiger partial charge on any atom is -0.324 e. The van der Waals surface area contributed by atoms with Gasteiger partial charge in [-0.25, -0.2) is 4.52 Å². The largest absolute Gasteiger partial charge is 0.324 e. The van der Waals surface area contributed by atoms with E-state index >= 15 is 0 Å². The first-order valence-electron chi connectivity index (χ1n) is 10.3. The van der Waals surface area contributed by atoms with Gasteiger partial charge in [-0.05, 0) is 60.1 Å². The van der Waals surface area contributed by atoms with Crippen molar-refractivity contribution in [1.82, 2.24) is 19.5 Å². The van der Waals surface area contributed by atoms with Crippen LogP contribution in [-0.4, -0.2) is 50.9 Å². The highest BCUT2D eigenvalue weighted by molar-refractivity contribution is 9.11. The van der Waals surface area contributed by atoms with Crippen LogP contribution < -0.4 is 10.6 Å². The molecule has 1 saturated carbocycles. The minimum absolute atomic E-state index is 0.0546. The molecule has 1 aliphatic heterocycles. The number of nitrogens with one attached hydrogen (secondary N) is 2. The molecule has 10 heteroatoms. The van der Waals surface area contributed by atoms with Gasteiger partial charge >= 0.3 is 0 Å². The van der Waals surface area contributed by atoms with E-state index in [1.54, 1.807) is 23.0 Å². The van der Waals surface area contributed by atoms with Gasteiger partial charge in [0, 0.05) is 6.54 Å². The Balaban J connectivity index is 1.24. The Kier molecular flexibility index (Phi) is 5.31. The number of hydrogen-bond acceptors (Lipinski definition) is 6. The van der Waals surface area contributed by atoms with E-state index < -0.39 is 0 Å². The molecule has 1 aliphatic carbocycles. The van der Waals surface area contributed by atoms with Gasteiger partial charge in [-0.1, -0.05) is 6.42 Å². The average molecular weight is 503 g/mol. The molecule has 2 aliphatic rings. The van der Waals surface area contributed by atoms with Crippen LogP contribution in [0.2, 0.25) is 0 Å². The Labute approximate surface area is 192 Å². The smallest absolute Gasteiger partial charge is 0.260 e. The summed E-state index contributed by atoms with van der Waals surface area (Å²) in [5, 5.41) is 10.0. The molecule has 2 amide bonds. The third kappa shape index (κ3) is 4.11. The molecule has 3 aromatic rings. The van der Waals surface area contributed by atoms with Gasteiger partial charge in [0.25, 0.3) is 5.91 Å². The predicted molar refractivity (Wildman–Crippen MR) is 124 cm³/mol. The molecular weight excluding hydrogens is 480 g/mol. The minimum atomic E-state index is -0.263. The molecule has 5 rings (SSSR count). The molecule has 162 valence electrons. The van der Waals surface area contributed by atoms with Crippen LogP contribution in [0.1, 0.15) is 41.7 Å². The number of aromatic nitrogens is 3. The molecular formula is C21H23BrN6O2S. The molecule has 4 heterocycles. The van der Waals surface area contributed by atoms with Crippen LogP contribution in [0.5, 0.6) is 0 Å². The molecule has 0 aromatic carbocycles. The van der Waals surface area contributed by atoms with Gasteiger partial charge in [0.05, 0.1) is 51.6 Å².